The molecule has 0 bridgehead atoms. The summed E-state index contributed by atoms with van der Waals surface area (Å²) in [6, 6.07) is 9.30. The van der Waals surface area contributed by atoms with Crippen LogP contribution in [0.3, 0.4) is 0 Å². The molecule has 0 heterocycles. The van der Waals surface area contributed by atoms with Gasteiger partial charge in [-0.25, -0.2) is 0 Å². The van der Waals surface area contributed by atoms with E-state index >= 15 is 0 Å². The summed E-state index contributed by atoms with van der Waals surface area (Å²) in [5.41, 5.74) is 2.76. The number of nitrogens with one attached hydrogen (secondary N) is 1. The molecule has 1 rings (SSSR count). The normalized spacial score (nSPS) is 12.9. The molecule has 0 amide bonds. The number of hydrogen-bond donors (Lipinski definition) is 1. The van der Waals surface area contributed by atoms with Gasteiger partial charge in [-0.15, -0.1) is 0 Å². The van der Waals surface area contributed by atoms with Crippen LogP contribution in [-0.4, -0.2) is 45.3 Å². The average Bonchev–Trinajstić information content (AvgIpc) is 2.45. The van der Waals surface area contributed by atoms with Gasteiger partial charge in [0.2, 0.25) is 0 Å². The monoisotopic (exact) mass is 264 g/mol. The second-order valence-corrected chi connectivity index (χ2v) is 5.07. The lowest BCUT2D eigenvalue weighted by molar-refractivity contribution is 0.161. The van der Waals surface area contributed by atoms with Gasteiger partial charge in [0.25, 0.3) is 0 Å². The van der Waals surface area contributed by atoms with Crippen LogP contribution in [0.4, 0.5) is 0 Å². The van der Waals surface area contributed by atoms with Gasteiger partial charge < -0.3 is 15.0 Å². The molecule has 1 unspecified atom stereocenters. The molecule has 19 heavy (non-hydrogen) atoms. The van der Waals surface area contributed by atoms with Gasteiger partial charge in [-0.05, 0) is 31.5 Å². The molecule has 0 saturated carbocycles. The molecule has 0 aliphatic heterocycles. The van der Waals surface area contributed by atoms with Gasteiger partial charge in [-0.2, -0.15) is 0 Å². The van der Waals surface area contributed by atoms with Gasteiger partial charge in [-0.3, -0.25) is 0 Å². The highest BCUT2D eigenvalue weighted by Gasteiger charge is 2.05. The molecule has 1 N–H and O–H groups in total. The van der Waals surface area contributed by atoms with Crippen LogP contribution >= 0.6 is 0 Å². The van der Waals surface area contributed by atoms with Crippen LogP contribution in [0.25, 0.3) is 0 Å². The fraction of sp³-hybridized carbons (Fsp3) is 0.625. The SMILES string of the molecule is CCc1ccc(C(C)NCCN(C)CCOC)cc1. The Morgan fingerprint density at radius 1 is 1.21 bits per heavy atom. The lowest BCUT2D eigenvalue weighted by Crippen LogP contribution is -2.32. The van der Waals surface area contributed by atoms with E-state index in [2.05, 4.69) is 55.4 Å². The Labute approximate surface area is 118 Å². The second-order valence-electron chi connectivity index (χ2n) is 5.07. The molecule has 3 heteroatoms. The lowest BCUT2D eigenvalue weighted by atomic mass is 10.1. The molecule has 3 nitrogen and oxygen atoms in total. The molecule has 1 aromatic carbocycles. The Bertz CT molecular complexity index is 337. The highest BCUT2D eigenvalue weighted by molar-refractivity contribution is 5.24. The maximum absolute atomic E-state index is 5.07. The van der Waals surface area contributed by atoms with Crippen LogP contribution in [0, 0.1) is 0 Å². The number of hydrogen-bond acceptors (Lipinski definition) is 3. The minimum absolute atomic E-state index is 0.404. The fourth-order valence-electron chi connectivity index (χ4n) is 1.99. The number of methoxy groups -OCH3 is 1. The number of rotatable bonds is 9. The molecular formula is C16H28N2O. The van der Waals surface area contributed by atoms with Gasteiger partial charge in [0.15, 0.2) is 0 Å². The zero-order valence-electron chi connectivity index (χ0n) is 12.8. The summed E-state index contributed by atoms with van der Waals surface area (Å²) in [4.78, 5) is 2.28. The number of aryl methyl sites for hydroxylation is 1. The van der Waals surface area contributed by atoms with Crippen molar-refractivity contribution in [2.45, 2.75) is 26.3 Å². The van der Waals surface area contributed by atoms with E-state index in [-0.39, 0.29) is 0 Å². The minimum Gasteiger partial charge on any atom is -0.383 e. The Hall–Kier alpha value is -0.900. The van der Waals surface area contributed by atoms with E-state index in [4.69, 9.17) is 4.74 Å². The van der Waals surface area contributed by atoms with Crippen LogP contribution in [0.15, 0.2) is 24.3 Å². The number of likely N-dealkylation sites (N-methyl/N-ethyl adjacent to an activating group) is 1. The quantitative estimate of drug-likeness (QED) is 0.741. The fourth-order valence-corrected chi connectivity index (χ4v) is 1.99. The molecule has 108 valence electrons. The maximum atomic E-state index is 5.07. The predicted molar refractivity (Wildman–Crippen MR) is 81.6 cm³/mol. The number of ether oxygens (including phenoxy) is 1. The molecule has 0 spiro atoms. The van der Waals surface area contributed by atoms with Crippen LogP contribution in [0.2, 0.25) is 0 Å². The van der Waals surface area contributed by atoms with Gasteiger partial charge in [0, 0.05) is 32.8 Å². The van der Waals surface area contributed by atoms with Crippen molar-refractivity contribution in [3.8, 4) is 0 Å². The summed E-state index contributed by atoms with van der Waals surface area (Å²) >= 11 is 0. The molecule has 0 saturated heterocycles. The third kappa shape index (κ3) is 6.19. The van der Waals surface area contributed by atoms with E-state index in [9.17, 15) is 0 Å². The first kappa shape index (κ1) is 16.2. The molecule has 1 atom stereocenters. The van der Waals surface area contributed by atoms with Crippen molar-refractivity contribution in [1.82, 2.24) is 10.2 Å². The lowest BCUT2D eigenvalue weighted by Gasteiger charge is -2.19. The zero-order chi connectivity index (χ0) is 14.1. The van der Waals surface area contributed by atoms with Crippen molar-refractivity contribution >= 4 is 0 Å². The number of nitrogens with zero attached hydrogens (tertiary/aromatic N) is 1. The van der Waals surface area contributed by atoms with Gasteiger partial charge >= 0.3 is 0 Å². The third-order valence-electron chi connectivity index (χ3n) is 3.51. The van der Waals surface area contributed by atoms with Crippen molar-refractivity contribution in [2.24, 2.45) is 0 Å². The largest absolute Gasteiger partial charge is 0.383 e. The van der Waals surface area contributed by atoms with E-state index < -0.39 is 0 Å². The van der Waals surface area contributed by atoms with Crippen LogP contribution in [0.5, 0.6) is 0 Å². The predicted octanol–water partition coefficient (Wildman–Crippen LogP) is 2.48. The Morgan fingerprint density at radius 3 is 2.47 bits per heavy atom. The summed E-state index contributed by atoms with van der Waals surface area (Å²) in [6.07, 6.45) is 1.10. The number of benzene rings is 1. The second kappa shape index (κ2) is 9.08. The highest BCUT2D eigenvalue weighted by Crippen LogP contribution is 2.13. The van der Waals surface area contributed by atoms with E-state index in [1.807, 2.05) is 0 Å². The first-order chi connectivity index (χ1) is 9.17. The zero-order valence-corrected chi connectivity index (χ0v) is 12.8. The average molecular weight is 264 g/mol. The van der Waals surface area contributed by atoms with Crippen LogP contribution in [-0.2, 0) is 11.2 Å². The molecule has 0 fully saturated rings. The Balaban J connectivity index is 2.28. The summed E-state index contributed by atoms with van der Waals surface area (Å²) in [6.45, 7) is 8.22. The van der Waals surface area contributed by atoms with E-state index in [0.717, 1.165) is 32.7 Å². The molecule has 0 aliphatic carbocycles. The van der Waals surface area contributed by atoms with Gasteiger partial charge in [-0.1, -0.05) is 31.2 Å². The summed E-state index contributed by atoms with van der Waals surface area (Å²) in [7, 11) is 3.87. The summed E-state index contributed by atoms with van der Waals surface area (Å²) in [5, 5.41) is 3.56. The minimum atomic E-state index is 0.404. The summed E-state index contributed by atoms with van der Waals surface area (Å²) in [5.74, 6) is 0. The first-order valence-electron chi connectivity index (χ1n) is 7.17. The van der Waals surface area contributed by atoms with Crippen molar-refractivity contribution in [2.75, 3.05) is 40.4 Å². The Kier molecular flexibility index (Phi) is 7.72. The maximum Gasteiger partial charge on any atom is 0.0589 e. The van der Waals surface area contributed by atoms with E-state index in [1.54, 1.807) is 7.11 Å². The van der Waals surface area contributed by atoms with Crippen molar-refractivity contribution in [3.05, 3.63) is 35.4 Å². The molecule has 0 aliphatic rings. The standard InChI is InChI=1S/C16H28N2O/c1-5-15-6-8-16(9-7-15)14(2)17-10-11-18(3)12-13-19-4/h6-9,14,17H,5,10-13H2,1-4H3. The molecule has 1 aromatic rings. The highest BCUT2D eigenvalue weighted by atomic mass is 16.5. The van der Waals surface area contributed by atoms with Crippen molar-refractivity contribution in [1.29, 1.82) is 0 Å². The smallest absolute Gasteiger partial charge is 0.0589 e. The van der Waals surface area contributed by atoms with Gasteiger partial charge in [0.05, 0.1) is 6.61 Å². The van der Waals surface area contributed by atoms with Crippen LogP contribution in [0.1, 0.15) is 31.0 Å². The van der Waals surface area contributed by atoms with E-state index in [0.29, 0.717) is 6.04 Å². The van der Waals surface area contributed by atoms with E-state index in [1.165, 1.54) is 11.1 Å². The Morgan fingerprint density at radius 2 is 1.89 bits per heavy atom. The van der Waals surface area contributed by atoms with Gasteiger partial charge in [0.1, 0.15) is 0 Å². The third-order valence-corrected chi connectivity index (χ3v) is 3.51. The van der Waals surface area contributed by atoms with Crippen molar-refractivity contribution < 1.29 is 4.74 Å². The topological polar surface area (TPSA) is 24.5 Å². The summed E-state index contributed by atoms with van der Waals surface area (Å²) < 4.78 is 5.07. The van der Waals surface area contributed by atoms with Crippen LogP contribution < -0.4 is 5.32 Å². The molecule has 0 aromatic heterocycles. The van der Waals surface area contributed by atoms with Crippen molar-refractivity contribution in [3.63, 3.8) is 0 Å². The molecular weight excluding hydrogens is 236 g/mol. The molecule has 0 radical (unpaired) electrons. The first-order valence-corrected chi connectivity index (χ1v) is 7.17.